The molecular formula is C29H40N2O3. The van der Waals surface area contributed by atoms with Gasteiger partial charge in [0.15, 0.2) is 0 Å². The number of ether oxygens (including phenoxy) is 1. The highest BCUT2D eigenvalue weighted by Gasteiger charge is 2.41. The van der Waals surface area contributed by atoms with Crippen molar-refractivity contribution >= 4 is 11.9 Å². The van der Waals surface area contributed by atoms with Crippen molar-refractivity contribution in [1.29, 1.82) is 0 Å². The molecule has 5 heteroatoms. The molecule has 34 heavy (non-hydrogen) atoms. The molecule has 2 atom stereocenters. The van der Waals surface area contributed by atoms with Gasteiger partial charge in [-0.2, -0.15) is 0 Å². The molecule has 5 nitrogen and oxygen atoms in total. The number of hydrogen-bond donors (Lipinski definition) is 0. The van der Waals surface area contributed by atoms with Crippen LogP contribution in [0.3, 0.4) is 0 Å². The largest absolute Gasteiger partial charge is 0.465 e. The third kappa shape index (κ3) is 5.87. The third-order valence-corrected chi connectivity index (χ3v) is 7.15. The van der Waals surface area contributed by atoms with Crippen molar-refractivity contribution in [2.75, 3.05) is 20.2 Å². The van der Waals surface area contributed by atoms with Crippen molar-refractivity contribution in [2.45, 2.75) is 72.0 Å². The zero-order valence-corrected chi connectivity index (χ0v) is 21.8. The molecule has 2 aromatic carbocycles. The second kappa shape index (κ2) is 10.3. The van der Waals surface area contributed by atoms with Gasteiger partial charge < -0.3 is 9.64 Å². The molecule has 0 aromatic heterocycles. The van der Waals surface area contributed by atoms with E-state index in [1.54, 1.807) is 0 Å². The van der Waals surface area contributed by atoms with Gasteiger partial charge in [0.2, 0.25) is 5.91 Å². The van der Waals surface area contributed by atoms with Crippen molar-refractivity contribution < 1.29 is 14.3 Å². The molecule has 3 rings (SSSR count). The minimum absolute atomic E-state index is 0.0875. The quantitative estimate of drug-likeness (QED) is 0.523. The zero-order valence-electron chi connectivity index (χ0n) is 21.8. The van der Waals surface area contributed by atoms with Gasteiger partial charge in [-0.3, -0.25) is 9.69 Å². The summed E-state index contributed by atoms with van der Waals surface area (Å²) in [6.45, 7) is 15.3. The lowest BCUT2D eigenvalue weighted by molar-refractivity contribution is -0.146. The average Bonchev–Trinajstić information content (AvgIpc) is 2.80. The summed E-state index contributed by atoms with van der Waals surface area (Å²) in [5, 5.41) is 0. The Bertz CT molecular complexity index is 970. The molecule has 1 aliphatic rings. The van der Waals surface area contributed by atoms with Gasteiger partial charge in [0.25, 0.3) is 0 Å². The number of nitrogens with zero attached hydrogens (tertiary/aromatic N) is 2. The van der Waals surface area contributed by atoms with E-state index in [-0.39, 0.29) is 29.4 Å². The van der Waals surface area contributed by atoms with Crippen LogP contribution in [0.4, 0.5) is 0 Å². The Morgan fingerprint density at radius 1 is 0.912 bits per heavy atom. The smallest absolute Gasteiger partial charge is 0.337 e. The molecule has 0 bridgehead atoms. The molecule has 1 aliphatic heterocycles. The second-order valence-electron chi connectivity index (χ2n) is 11.1. The predicted octanol–water partition coefficient (Wildman–Crippen LogP) is 5.29. The summed E-state index contributed by atoms with van der Waals surface area (Å²) in [5.74, 6) is -0.0873. The summed E-state index contributed by atoms with van der Waals surface area (Å²) in [6.07, 6.45) is 0.790. The van der Waals surface area contributed by atoms with Crippen LogP contribution in [0.5, 0.6) is 0 Å². The molecule has 184 valence electrons. The topological polar surface area (TPSA) is 49.9 Å². The summed E-state index contributed by atoms with van der Waals surface area (Å²) in [4.78, 5) is 29.9. The van der Waals surface area contributed by atoms with Gasteiger partial charge in [-0.05, 0) is 48.9 Å². The summed E-state index contributed by atoms with van der Waals surface area (Å²) >= 11 is 0. The Morgan fingerprint density at radius 2 is 1.47 bits per heavy atom. The van der Waals surface area contributed by atoms with Crippen LogP contribution in [0.2, 0.25) is 0 Å². The first-order valence-corrected chi connectivity index (χ1v) is 12.2. The van der Waals surface area contributed by atoms with Crippen molar-refractivity contribution in [3.8, 4) is 0 Å². The van der Waals surface area contributed by atoms with Crippen LogP contribution >= 0.6 is 0 Å². The average molecular weight is 465 g/mol. The first-order valence-electron chi connectivity index (χ1n) is 12.2. The fourth-order valence-electron chi connectivity index (χ4n) is 5.51. The molecule has 1 saturated heterocycles. The first kappa shape index (κ1) is 26.0. The molecule has 0 radical (unpaired) electrons. The summed E-state index contributed by atoms with van der Waals surface area (Å²) in [6, 6.07) is 18.6. The van der Waals surface area contributed by atoms with Crippen molar-refractivity contribution in [1.82, 2.24) is 9.80 Å². The van der Waals surface area contributed by atoms with Gasteiger partial charge in [0.1, 0.15) is 0 Å². The number of piperazine rings is 1. The molecule has 0 saturated carbocycles. The van der Waals surface area contributed by atoms with E-state index in [1.807, 2.05) is 30.3 Å². The minimum Gasteiger partial charge on any atom is -0.465 e. The maximum absolute atomic E-state index is 13.7. The van der Waals surface area contributed by atoms with Gasteiger partial charge in [0.05, 0.1) is 12.7 Å². The molecule has 0 spiro atoms. The standard InChI is InChI=1S/C29H40N2O3/c1-21-17-30(27(33)29(5,6)20-28(3,4)25-11-9-8-10-12-25)18-22(2)31(21)19-23-13-15-24(16-14-23)26(32)34-7/h8-16,21-22H,17-20H2,1-7H3. The number of amides is 1. The van der Waals surface area contributed by atoms with Crippen molar-refractivity contribution in [3.05, 3.63) is 71.3 Å². The number of benzene rings is 2. The summed E-state index contributed by atoms with van der Waals surface area (Å²) in [7, 11) is 1.39. The van der Waals surface area contributed by atoms with Crippen LogP contribution in [0.1, 0.15) is 69.4 Å². The highest BCUT2D eigenvalue weighted by Crippen LogP contribution is 2.38. The third-order valence-electron chi connectivity index (χ3n) is 7.15. The Labute approximate surface area is 205 Å². The maximum Gasteiger partial charge on any atom is 0.337 e. The van der Waals surface area contributed by atoms with E-state index >= 15 is 0 Å². The van der Waals surface area contributed by atoms with E-state index in [4.69, 9.17) is 4.74 Å². The molecular weight excluding hydrogens is 424 g/mol. The number of hydrogen-bond acceptors (Lipinski definition) is 4. The monoisotopic (exact) mass is 464 g/mol. The minimum atomic E-state index is -0.454. The molecule has 1 amide bonds. The van der Waals surface area contributed by atoms with Crippen LogP contribution in [0.25, 0.3) is 0 Å². The highest BCUT2D eigenvalue weighted by molar-refractivity contribution is 5.89. The number of methoxy groups -OCH3 is 1. The number of rotatable bonds is 7. The summed E-state index contributed by atoms with van der Waals surface area (Å²) < 4.78 is 4.79. The molecule has 1 heterocycles. The van der Waals surface area contributed by atoms with Gasteiger partial charge in [-0.15, -0.1) is 0 Å². The lowest BCUT2D eigenvalue weighted by Gasteiger charge is -2.47. The van der Waals surface area contributed by atoms with E-state index in [0.717, 1.165) is 31.6 Å². The van der Waals surface area contributed by atoms with Gasteiger partial charge in [-0.1, -0.05) is 70.2 Å². The normalized spacial score (nSPS) is 19.7. The first-order chi connectivity index (χ1) is 15.9. The van der Waals surface area contributed by atoms with E-state index in [2.05, 4.69) is 75.6 Å². The Hall–Kier alpha value is -2.66. The lowest BCUT2D eigenvalue weighted by atomic mass is 9.70. The fraction of sp³-hybridized carbons (Fsp3) is 0.517. The zero-order chi connectivity index (χ0) is 25.1. The van der Waals surface area contributed by atoms with E-state index in [0.29, 0.717) is 5.56 Å². The Balaban J connectivity index is 1.65. The predicted molar refractivity (Wildman–Crippen MR) is 137 cm³/mol. The van der Waals surface area contributed by atoms with Crippen LogP contribution in [0.15, 0.2) is 54.6 Å². The number of esters is 1. The van der Waals surface area contributed by atoms with Crippen molar-refractivity contribution in [3.63, 3.8) is 0 Å². The van der Waals surface area contributed by atoms with E-state index in [1.165, 1.54) is 12.7 Å². The van der Waals surface area contributed by atoms with Crippen LogP contribution in [0, 0.1) is 5.41 Å². The number of carbonyl (C=O) groups excluding carboxylic acids is 2. The Morgan fingerprint density at radius 3 is 2.00 bits per heavy atom. The maximum atomic E-state index is 13.7. The summed E-state index contributed by atoms with van der Waals surface area (Å²) in [5.41, 5.74) is 2.43. The van der Waals surface area contributed by atoms with Gasteiger partial charge in [-0.25, -0.2) is 4.79 Å². The molecule has 2 aromatic rings. The van der Waals surface area contributed by atoms with Gasteiger partial charge >= 0.3 is 5.97 Å². The second-order valence-corrected chi connectivity index (χ2v) is 11.1. The molecule has 0 aliphatic carbocycles. The molecule has 0 N–H and O–H groups in total. The van der Waals surface area contributed by atoms with E-state index in [9.17, 15) is 9.59 Å². The van der Waals surface area contributed by atoms with Crippen LogP contribution < -0.4 is 0 Å². The van der Waals surface area contributed by atoms with Crippen LogP contribution in [-0.2, 0) is 21.5 Å². The SMILES string of the molecule is COC(=O)c1ccc(CN2C(C)CN(C(=O)C(C)(C)CC(C)(C)c3ccccc3)CC2C)cc1. The molecule has 1 fully saturated rings. The highest BCUT2D eigenvalue weighted by atomic mass is 16.5. The van der Waals surface area contributed by atoms with Crippen molar-refractivity contribution in [2.24, 2.45) is 5.41 Å². The fourth-order valence-corrected chi connectivity index (χ4v) is 5.51. The van der Waals surface area contributed by atoms with E-state index < -0.39 is 5.41 Å². The lowest BCUT2D eigenvalue weighted by Crippen LogP contribution is -2.59. The van der Waals surface area contributed by atoms with Crippen LogP contribution in [-0.4, -0.2) is 54.0 Å². The number of carbonyl (C=O) groups is 2. The Kier molecular flexibility index (Phi) is 7.87. The molecule has 2 unspecified atom stereocenters. The van der Waals surface area contributed by atoms with Gasteiger partial charge in [0, 0.05) is 37.1 Å².